The molecule has 0 fully saturated rings. The Labute approximate surface area is 336 Å². The van der Waals surface area contributed by atoms with E-state index in [1.165, 1.54) is 16.8 Å². The van der Waals surface area contributed by atoms with Gasteiger partial charge in [-0.3, -0.25) is 39.2 Å². The number of primary amides is 2. The highest BCUT2D eigenvalue weighted by molar-refractivity contribution is 6.05. The Morgan fingerprint density at radius 3 is 2.12 bits per heavy atom. The molecule has 6 aromatic rings. The number of carbonyl (C=O) groups excluding carboxylic acids is 4. The second-order valence-electron chi connectivity index (χ2n) is 14.1. The van der Waals surface area contributed by atoms with E-state index in [9.17, 15) is 23.6 Å². The molecule has 310 valence electrons. The van der Waals surface area contributed by atoms with Crippen molar-refractivity contribution in [3.63, 3.8) is 0 Å². The van der Waals surface area contributed by atoms with Crippen LogP contribution in [0.2, 0.25) is 0 Å². The quantitative estimate of drug-likeness (QED) is 0.0907. The van der Waals surface area contributed by atoms with Gasteiger partial charge in [-0.05, 0) is 70.0 Å². The minimum absolute atomic E-state index is 0.114. The summed E-state index contributed by atoms with van der Waals surface area (Å²) in [6.45, 7) is 6.16. The Balaban J connectivity index is 1.25. The molecule has 0 spiro atoms. The number of nitrogens with one attached hydrogen (secondary N) is 2. The lowest BCUT2D eigenvalue weighted by Crippen LogP contribution is -2.26. The number of hydrogen-bond donors (Lipinski definition) is 4. The molecule has 59 heavy (non-hydrogen) atoms. The number of nitrogens with two attached hydrogens (primary N) is 2. The van der Waals surface area contributed by atoms with Crippen LogP contribution in [0, 0.1) is 13.8 Å². The number of amides is 4. The average molecular weight is 813 g/mol. The molecule has 7 rings (SSSR count). The third kappa shape index (κ3) is 8.15. The fourth-order valence-corrected chi connectivity index (χ4v) is 7.31. The van der Waals surface area contributed by atoms with Crippen molar-refractivity contribution < 1.29 is 37.8 Å². The van der Waals surface area contributed by atoms with E-state index in [1.54, 1.807) is 54.5 Å². The number of halogens is 1. The van der Waals surface area contributed by atoms with Crippen LogP contribution in [-0.2, 0) is 24.4 Å². The molecule has 4 aromatic heterocycles. The smallest absolute Gasteiger partial charge is 0.276 e. The van der Waals surface area contributed by atoms with Gasteiger partial charge in [0, 0.05) is 44.4 Å². The normalized spacial score (nSPS) is 13.5. The van der Waals surface area contributed by atoms with Crippen molar-refractivity contribution in [2.45, 2.75) is 65.7 Å². The van der Waals surface area contributed by atoms with Crippen molar-refractivity contribution in [2.75, 3.05) is 44.2 Å². The van der Waals surface area contributed by atoms with E-state index in [-0.39, 0.29) is 61.1 Å². The SMILES string of the molecule is CCn1nc(C)cc1C(=O)Nc1nc2cc(C(N)=O)cc3c2n1[C@@H](CCCn1c(NC(=O)c2cc(C)nn2CCF)nc2cc(C(N)=O)cc(OCCCOC)c21)CO3. The Morgan fingerprint density at radius 1 is 0.831 bits per heavy atom. The largest absolute Gasteiger partial charge is 0.491 e. The first-order valence-corrected chi connectivity index (χ1v) is 19.1. The van der Waals surface area contributed by atoms with Gasteiger partial charge in [-0.2, -0.15) is 10.2 Å². The van der Waals surface area contributed by atoms with Crippen molar-refractivity contribution >= 4 is 57.6 Å². The molecule has 1 atom stereocenters. The highest BCUT2D eigenvalue weighted by Gasteiger charge is 2.30. The van der Waals surface area contributed by atoms with Gasteiger partial charge >= 0.3 is 0 Å². The topological polar surface area (TPSA) is 243 Å². The van der Waals surface area contributed by atoms with Gasteiger partial charge in [-0.15, -0.1) is 0 Å². The third-order valence-electron chi connectivity index (χ3n) is 9.91. The van der Waals surface area contributed by atoms with Crippen molar-refractivity contribution in [1.29, 1.82) is 0 Å². The molecule has 1 aliphatic heterocycles. The van der Waals surface area contributed by atoms with E-state index in [0.717, 1.165) is 0 Å². The summed E-state index contributed by atoms with van der Waals surface area (Å²) in [5.74, 6) is -1.23. The lowest BCUT2D eigenvalue weighted by Gasteiger charge is -2.27. The number of benzene rings is 2. The number of nitrogens with zero attached hydrogens (tertiary/aromatic N) is 8. The van der Waals surface area contributed by atoms with Crippen LogP contribution in [0.4, 0.5) is 16.3 Å². The van der Waals surface area contributed by atoms with Crippen LogP contribution in [0.25, 0.3) is 22.1 Å². The van der Waals surface area contributed by atoms with Gasteiger partial charge < -0.3 is 34.8 Å². The van der Waals surface area contributed by atoms with E-state index >= 15 is 0 Å². The molecule has 0 unspecified atom stereocenters. The summed E-state index contributed by atoms with van der Waals surface area (Å²) in [5.41, 5.74) is 15.2. The fraction of sp³-hybridized carbons (Fsp3) is 0.385. The number of rotatable bonds is 18. The number of alkyl halides is 1. The van der Waals surface area contributed by atoms with Crippen molar-refractivity contribution in [3.05, 3.63) is 70.3 Å². The lowest BCUT2D eigenvalue weighted by atomic mass is 10.1. The maximum Gasteiger partial charge on any atom is 0.276 e. The first-order valence-electron chi connectivity index (χ1n) is 19.1. The van der Waals surface area contributed by atoms with Gasteiger partial charge in [0.05, 0.1) is 41.6 Å². The van der Waals surface area contributed by atoms with Gasteiger partial charge in [0.1, 0.15) is 47.2 Å². The molecule has 0 saturated carbocycles. The molecule has 19 nitrogen and oxygen atoms in total. The second-order valence-corrected chi connectivity index (χ2v) is 14.1. The van der Waals surface area contributed by atoms with E-state index in [1.807, 2.05) is 11.5 Å². The zero-order valence-electron chi connectivity index (χ0n) is 33.1. The zero-order chi connectivity index (χ0) is 42.0. The summed E-state index contributed by atoms with van der Waals surface area (Å²) in [4.78, 5) is 61.5. The molecule has 4 amide bonds. The summed E-state index contributed by atoms with van der Waals surface area (Å²) >= 11 is 0. The monoisotopic (exact) mass is 812 g/mol. The second kappa shape index (κ2) is 16.9. The maximum absolute atomic E-state index is 13.7. The Morgan fingerprint density at radius 2 is 1.46 bits per heavy atom. The maximum atomic E-state index is 13.7. The van der Waals surface area contributed by atoms with Gasteiger partial charge in [0.25, 0.3) is 11.8 Å². The lowest BCUT2D eigenvalue weighted by molar-refractivity contribution is 0.0991. The molecule has 20 heteroatoms. The third-order valence-corrected chi connectivity index (χ3v) is 9.91. The summed E-state index contributed by atoms with van der Waals surface area (Å²) in [5, 5.41) is 14.5. The molecule has 2 aromatic carbocycles. The zero-order valence-corrected chi connectivity index (χ0v) is 33.1. The van der Waals surface area contributed by atoms with Crippen LogP contribution in [-0.4, -0.2) is 95.9 Å². The summed E-state index contributed by atoms with van der Waals surface area (Å²) < 4.78 is 37.5. The molecule has 0 bridgehead atoms. The van der Waals surface area contributed by atoms with E-state index < -0.39 is 30.3 Å². The number of anilines is 2. The van der Waals surface area contributed by atoms with Gasteiger partial charge in [-0.25, -0.2) is 14.4 Å². The molecule has 0 saturated heterocycles. The van der Waals surface area contributed by atoms with Crippen molar-refractivity contribution in [3.8, 4) is 11.5 Å². The number of ether oxygens (including phenoxy) is 3. The van der Waals surface area contributed by atoms with Gasteiger partial charge in [0.15, 0.2) is 0 Å². The van der Waals surface area contributed by atoms with Crippen LogP contribution in [0.15, 0.2) is 36.4 Å². The number of fused-ring (bicyclic) bond motifs is 1. The number of hydrogen-bond acceptors (Lipinski definition) is 11. The predicted octanol–water partition coefficient (Wildman–Crippen LogP) is 3.92. The molecule has 1 aliphatic rings. The van der Waals surface area contributed by atoms with Gasteiger partial charge in [0.2, 0.25) is 23.7 Å². The molecular formula is C39H45FN12O7. The highest BCUT2D eigenvalue weighted by atomic mass is 19.1. The first kappa shape index (κ1) is 40.4. The number of methoxy groups -OCH3 is 1. The Bertz CT molecular complexity index is 2590. The molecule has 0 aliphatic carbocycles. The van der Waals surface area contributed by atoms with Crippen LogP contribution in [0.3, 0.4) is 0 Å². The number of aromatic nitrogens is 8. The van der Waals surface area contributed by atoms with E-state index in [0.29, 0.717) is 83.1 Å². The molecular weight excluding hydrogens is 768 g/mol. The van der Waals surface area contributed by atoms with Gasteiger partial charge in [-0.1, -0.05) is 0 Å². The minimum atomic E-state index is -0.723. The average Bonchev–Trinajstić information content (AvgIpc) is 3.97. The summed E-state index contributed by atoms with van der Waals surface area (Å²) in [7, 11) is 1.58. The fourth-order valence-electron chi connectivity index (χ4n) is 7.31. The number of carbonyl (C=O) groups is 4. The van der Waals surface area contributed by atoms with Crippen molar-refractivity contribution in [2.24, 2.45) is 11.5 Å². The molecule has 5 heterocycles. The first-order chi connectivity index (χ1) is 28.4. The predicted molar refractivity (Wildman–Crippen MR) is 214 cm³/mol. The van der Waals surface area contributed by atoms with E-state index in [4.69, 9.17) is 35.6 Å². The Kier molecular flexibility index (Phi) is 11.6. The summed E-state index contributed by atoms with van der Waals surface area (Å²) in [6, 6.07) is 9.06. The number of aryl methyl sites for hydroxylation is 5. The van der Waals surface area contributed by atoms with E-state index in [2.05, 4.69) is 20.8 Å². The molecule has 6 N–H and O–H groups in total. The summed E-state index contributed by atoms with van der Waals surface area (Å²) in [6.07, 6.45) is 1.49. The highest BCUT2D eigenvalue weighted by Crippen LogP contribution is 2.39. The standard InChI is InChI=1S/C39H45FN12O7/c1-5-50-28(14-21(2)47-50)36(55)46-39-44-27-17-24(35(42)54)19-31-33(27)52(39)25(20-59-31)8-6-10-49-32-26(16-23(34(41)53)18-30(32)58-13-7-12-57-4)43-38(49)45-37(56)29-15-22(3)48-51(29)11-9-40/h14-19,25H,5-13,20H2,1-4H3,(H2,41,53)(H2,42,54)(H,43,45,56)(H,44,46,55)/t25-/m0/s1. The number of imidazole rings is 2. The molecule has 0 radical (unpaired) electrons. The minimum Gasteiger partial charge on any atom is -0.491 e. The van der Waals surface area contributed by atoms with Crippen LogP contribution in [0.1, 0.15) is 85.3 Å². The Hall–Kier alpha value is -6.83. The van der Waals surface area contributed by atoms with Crippen LogP contribution < -0.4 is 31.6 Å². The van der Waals surface area contributed by atoms with Crippen LogP contribution in [0.5, 0.6) is 11.5 Å². The van der Waals surface area contributed by atoms with Crippen molar-refractivity contribution in [1.82, 2.24) is 38.7 Å². The van der Waals surface area contributed by atoms with Crippen LogP contribution >= 0.6 is 0 Å².